The molecule has 3 rings (SSSR count). The third kappa shape index (κ3) is 3.01. The second-order valence-electron chi connectivity index (χ2n) is 4.75. The molecule has 1 N–H and O–H groups in total. The predicted octanol–water partition coefficient (Wildman–Crippen LogP) is 2.48. The highest BCUT2D eigenvalue weighted by Gasteiger charge is 2.09. The molecular weight excluding hydrogens is 278 g/mol. The topological polar surface area (TPSA) is 72.7 Å². The van der Waals surface area contributed by atoms with Crippen LogP contribution in [0.1, 0.15) is 23.0 Å². The molecule has 6 nitrogen and oxygen atoms in total. The van der Waals surface area contributed by atoms with Crippen LogP contribution in [0.3, 0.4) is 0 Å². The van der Waals surface area contributed by atoms with Gasteiger partial charge in [0.25, 0.3) is 5.91 Å². The van der Waals surface area contributed by atoms with E-state index >= 15 is 0 Å². The van der Waals surface area contributed by atoms with Gasteiger partial charge in [0.2, 0.25) is 0 Å². The molecule has 0 aliphatic rings. The Morgan fingerprint density at radius 1 is 1.14 bits per heavy atom. The zero-order valence-electron chi connectivity index (χ0n) is 12.1. The van der Waals surface area contributed by atoms with Crippen molar-refractivity contribution in [1.82, 2.24) is 19.7 Å². The van der Waals surface area contributed by atoms with Crippen LogP contribution in [0.25, 0.3) is 5.82 Å². The number of imidazole rings is 1. The number of benzene rings is 1. The molecule has 0 radical (unpaired) electrons. The molecule has 6 heteroatoms. The minimum Gasteiger partial charge on any atom is -0.321 e. The van der Waals surface area contributed by atoms with Gasteiger partial charge in [-0.25, -0.2) is 4.98 Å². The number of aromatic nitrogens is 4. The predicted molar refractivity (Wildman–Crippen MR) is 82.9 cm³/mol. The van der Waals surface area contributed by atoms with Crippen molar-refractivity contribution in [3.63, 3.8) is 0 Å². The molecule has 2 heterocycles. The van der Waals surface area contributed by atoms with E-state index in [1.54, 1.807) is 35.4 Å². The molecule has 1 amide bonds. The van der Waals surface area contributed by atoms with Crippen molar-refractivity contribution in [3.8, 4) is 5.82 Å². The van der Waals surface area contributed by atoms with E-state index in [4.69, 9.17) is 0 Å². The summed E-state index contributed by atoms with van der Waals surface area (Å²) in [4.78, 5) is 16.1. The average Bonchev–Trinajstić information content (AvgIpc) is 3.10. The lowest BCUT2D eigenvalue weighted by Gasteiger charge is -2.06. The number of carbonyl (C=O) groups excluding carboxylic acids is 1. The zero-order valence-corrected chi connectivity index (χ0v) is 12.1. The van der Waals surface area contributed by atoms with E-state index in [0.717, 1.165) is 12.1 Å². The minimum atomic E-state index is -0.283. The fourth-order valence-electron chi connectivity index (χ4n) is 2.00. The first kappa shape index (κ1) is 13.9. The highest BCUT2D eigenvalue weighted by atomic mass is 16.1. The molecule has 0 bridgehead atoms. The van der Waals surface area contributed by atoms with Crippen LogP contribution in [0.15, 0.2) is 55.1 Å². The average molecular weight is 293 g/mol. The van der Waals surface area contributed by atoms with Crippen LogP contribution in [0.5, 0.6) is 0 Å². The summed E-state index contributed by atoms with van der Waals surface area (Å²) >= 11 is 0. The second kappa shape index (κ2) is 6.17. The van der Waals surface area contributed by atoms with Crippen LogP contribution in [0.4, 0.5) is 5.69 Å². The molecule has 0 spiro atoms. The van der Waals surface area contributed by atoms with Crippen LogP contribution >= 0.6 is 0 Å². The van der Waals surface area contributed by atoms with E-state index in [1.807, 2.05) is 24.3 Å². The maximum Gasteiger partial charge on any atom is 0.276 e. The Morgan fingerprint density at radius 3 is 2.55 bits per heavy atom. The maximum atomic E-state index is 12.1. The molecule has 0 atom stereocenters. The molecule has 0 aliphatic carbocycles. The first-order valence-corrected chi connectivity index (χ1v) is 6.98. The number of carbonyl (C=O) groups is 1. The Labute approximate surface area is 127 Å². The number of hydrogen-bond donors (Lipinski definition) is 1. The summed E-state index contributed by atoms with van der Waals surface area (Å²) in [6.07, 6.45) is 6.01. The van der Waals surface area contributed by atoms with E-state index in [9.17, 15) is 4.79 Å². The van der Waals surface area contributed by atoms with Crippen molar-refractivity contribution >= 4 is 11.6 Å². The van der Waals surface area contributed by atoms with Gasteiger partial charge in [0.1, 0.15) is 6.33 Å². The first-order chi connectivity index (χ1) is 10.8. The van der Waals surface area contributed by atoms with E-state index in [0.29, 0.717) is 5.82 Å². The fourth-order valence-corrected chi connectivity index (χ4v) is 2.00. The van der Waals surface area contributed by atoms with Gasteiger partial charge in [0.15, 0.2) is 11.5 Å². The van der Waals surface area contributed by atoms with E-state index in [2.05, 4.69) is 27.4 Å². The van der Waals surface area contributed by atoms with Crippen LogP contribution in [0.2, 0.25) is 0 Å². The third-order valence-electron chi connectivity index (χ3n) is 3.27. The molecule has 0 unspecified atom stereocenters. The van der Waals surface area contributed by atoms with Gasteiger partial charge in [-0.3, -0.25) is 9.36 Å². The van der Waals surface area contributed by atoms with Gasteiger partial charge in [-0.2, -0.15) is 0 Å². The smallest absolute Gasteiger partial charge is 0.276 e. The third-order valence-corrected chi connectivity index (χ3v) is 3.27. The van der Waals surface area contributed by atoms with Crippen molar-refractivity contribution in [2.24, 2.45) is 0 Å². The highest BCUT2D eigenvalue weighted by Crippen LogP contribution is 2.11. The quantitative estimate of drug-likeness (QED) is 0.802. The summed E-state index contributed by atoms with van der Waals surface area (Å²) in [5.74, 6) is 0.329. The normalized spacial score (nSPS) is 10.4. The Balaban J connectivity index is 1.71. The number of rotatable bonds is 4. The van der Waals surface area contributed by atoms with Crippen LogP contribution in [-0.4, -0.2) is 25.7 Å². The molecule has 22 heavy (non-hydrogen) atoms. The molecule has 0 saturated heterocycles. The minimum absolute atomic E-state index is 0.267. The number of aryl methyl sites for hydroxylation is 1. The highest BCUT2D eigenvalue weighted by molar-refractivity contribution is 6.02. The van der Waals surface area contributed by atoms with Gasteiger partial charge in [0.05, 0.1) is 0 Å². The number of hydrogen-bond acceptors (Lipinski definition) is 4. The molecule has 0 fully saturated rings. The lowest BCUT2D eigenvalue weighted by molar-refractivity contribution is 0.102. The van der Waals surface area contributed by atoms with E-state index in [1.165, 1.54) is 5.56 Å². The van der Waals surface area contributed by atoms with Crippen molar-refractivity contribution in [2.75, 3.05) is 5.32 Å². The lowest BCUT2D eigenvalue weighted by atomic mass is 10.1. The largest absolute Gasteiger partial charge is 0.321 e. The molecular formula is C16H15N5O. The van der Waals surface area contributed by atoms with Crippen molar-refractivity contribution < 1.29 is 4.79 Å². The van der Waals surface area contributed by atoms with Crippen LogP contribution in [-0.2, 0) is 6.42 Å². The first-order valence-electron chi connectivity index (χ1n) is 6.98. The van der Waals surface area contributed by atoms with Crippen LogP contribution in [0, 0.1) is 0 Å². The summed E-state index contributed by atoms with van der Waals surface area (Å²) in [5, 5.41) is 10.8. The summed E-state index contributed by atoms with van der Waals surface area (Å²) in [7, 11) is 0. The molecule has 2 aromatic heterocycles. The van der Waals surface area contributed by atoms with Crippen molar-refractivity contribution in [1.29, 1.82) is 0 Å². The molecule has 0 saturated carbocycles. The van der Waals surface area contributed by atoms with Gasteiger partial charge in [-0.15, -0.1) is 10.2 Å². The van der Waals surface area contributed by atoms with Gasteiger partial charge in [-0.1, -0.05) is 19.1 Å². The molecule has 1 aromatic carbocycles. The number of nitrogens with zero attached hydrogens (tertiary/aromatic N) is 4. The molecule has 0 aliphatic heterocycles. The lowest BCUT2D eigenvalue weighted by Crippen LogP contribution is -2.14. The maximum absolute atomic E-state index is 12.1. The Kier molecular flexibility index (Phi) is 3.91. The summed E-state index contributed by atoms with van der Waals surface area (Å²) < 4.78 is 1.72. The summed E-state index contributed by atoms with van der Waals surface area (Å²) in [6.45, 7) is 2.09. The van der Waals surface area contributed by atoms with Gasteiger partial charge in [0, 0.05) is 18.1 Å². The molecule has 110 valence electrons. The molecule has 3 aromatic rings. The zero-order chi connectivity index (χ0) is 15.4. The second-order valence-corrected chi connectivity index (χ2v) is 4.75. The number of amides is 1. The monoisotopic (exact) mass is 293 g/mol. The Bertz CT molecular complexity index is 748. The summed E-state index contributed by atoms with van der Waals surface area (Å²) in [5.41, 5.74) is 2.23. The standard InChI is InChI=1S/C16H15N5O/c1-2-12-3-5-13(6-4-12)18-16(22)14-7-8-15(20-19-14)21-10-9-17-11-21/h3-11H,2H2,1H3,(H,18,22). The van der Waals surface area contributed by atoms with E-state index < -0.39 is 0 Å². The van der Waals surface area contributed by atoms with Gasteiger partial charge >= 0.3 is 0 Å². The Morgan fingerprint density at radius 2 is 1.95 bits per heavy atom. The van der Waals surface area contributed by atoms with Crippen molar-refractivity contribution in [2.45, 2.75) is 13.3 Å². The number of nitrogens with one attached hydrogen (secondary N) is 1. The Hall–Kier alpha value is -3.02. The summed E-state index contributed by atoms with van der Waals surface area (Å²) in [6, 6.07) is 11.1. The van der Waals surface area contributed by atoms with Gasteiger partial charge in [-0.05, 0) is 36.2 Å². The van der Waals surface area contributed by atoms with E-state index in [-0.39, 0.29) is 11.6 Å². The van der Waals surface area contributed by atoms with Crippen molar-refractivity contribution in [3.05, 3.63) is 66.4 Å². The SMILES string of the molecule is CCc1ccc(NC(=O)c2ccc(-n3ccnc3)nn2)cc1. The van der Waals surface area contributed by atoms with Crippen LogP contribution < -0.4 is 5.32 Å². The number of anilines is 1. The fraction of sp³-hybridized carbons (Fsp3) is 0.125. The van der Waals surface area contributed by atoms with Gasteiger partial charge < -0.3 is 5.32 Å².